The number of fused-ring (bicyclic) bond motifs is 3. The van der Waals surface area contributed by atoms with E-state index in [9.17, 15) is 0 Å². The molecule has 1 saturated carbocycles. The summed E-state index contributed by atoms with van der Waals surface area (Å²) in [5.74, 6) is 3.19. The van der Waals surface area contributed by atoms with E-state index in [1.54, 1.807) is 0 Å². The van der Waals surface area contributed by atoms with Crippen molar-refractivity contribution in [2.24, 2.45) is 23.7 Å². The van der Waals surface area contributed by atoms with Gasteiger partial charge < -0.3 is 9.47 Å². The Morgan fingerprint density at radius 1 is 1.13 bits per heavy atom. The molecule has 0 aromatic heterocycles. The van der Waals surface area contributed by atoms with Crippen LogP contribution in [0.3, 0.4) is 0 Å². The molecule has 3 rings (SSSR count). The summed E-state index contributed by atoms with van der Waals surface area (Å²) in [6.45, 7) is 5.66. The predicted molar refractivity (Wildman–Crippen MR) is 58.4 cm³/mol. The smallest absolute Gasteiger partial charge is 0.161 e. The third kappa shape index (κ3) is 1.53. The molecule has 1 aliphatic carbocycles. The maximum absolute atomic E-state index is 6.05. The first-order chi connectivity index (χ1) is 7.27. The van der Waals surface area contributed by atoms with E-state index in [2.05, 4.69) is 13.8 Å². The van der Waals surface area contributed by atoms with Crippen LogP contribution in [0, 0.1) is 23.7 Å². The molecule has 3 aliphatic rings. The molecule has 0 bridgehead atoms. The zero-order valence-electron chi connectivity index (χ0n) is 9.82. The van der Waals surface area contributed by atoms with Crippen LogP contribution in [0.25, 0.3) is 0 Å². The van der Waals surface area contributed by atoms with Gasteiger partial charge in [-0.25, -0.2) is 0 Å². The van der Waals surface area contributed by atoms with Crippen molar-refractivity contribution in [2.45, 2.75) is 51.9 Å². The molecule has 0 amide bonds. The molecule has 15 heavy (non-hydrogen) atoms. The van der Waals surface area contributed by atoms with E-state index < -0.39 is 0 Å². The van der Waals surface area contributed by atoms with E-state index in [0.29, 0.717) is 12.0 Å². The van der Waals surface area contributed by atoms with Crippen molar-refractivity contribution in [3.05, 3.63) is 0 Å². The minimum Gasteiger partial charge on any atom is -0.352 e. The Morgan fingerprint density at radius 3 is 2.80 bits per heavy atom. The van der Waals surface area contributed by atoms with Gasteiger partial charge in [0.15, 0.2) is 6.29 Å². The van der Waals surface area contributed by atoms with Gasteiger partial charge in [-0.05, 0) is 37.0 Å². The highest BCUT2D eigenvalue weighted by Crippen LogP contribution is 2.50. The standard InChI is InChI=1S/C13H22O2/c1-8(2)9-4-3-5-11-12(9)10-6-7-14-13(10)15-11/h8-13H,3-7H2,1-2H3. The third-order valence-corrected chi connectivity index (χ3v) is 4.69. The van der Waals surface area contributed by atoms with E-state index in [1.165, 1.54) is 25.7 Å². The van der Waals surface area contributed by atoms with Gasteiger partial charge in [-0.1, -0.05) is 20.3 Å². The Kier molecular flexibility index (Phi) is 2.52. The lowest BCUT2D eigenvalue weighted by atomic mass is 9.67. The van der Waals surface area contributed by atoms with Crippen molar-refractivity contribution in [1.29, 1.82) is 0 Å². The van der Waals surface area contributed by atoms with Crippen molar-refractivity contribution in [1.82, 2.24) is 0 Å². The molecule has 0 spiro atoms. The van der Waals surface area contributed by atoms with Crippen LogP contribution >= 0.6 is 0 Å². The summed E-state index contributed by atoms with van der Waals surface area (Å²) in [6, 6.07) is 0. The minimum atomic E-state index is 0.152. The van der Waals surface area contributed by atoms with Crippen LogP contribution in [0.4, 0.5) is 0 Å². The maximum atomic E-state index is 6.05. The molecule has 5 unspecified atom stereocenters. The molecule has 2 nitrogen and oxygen atoms in total. The molecule has 86 valence electrons. The third-order valence-electron chi connectivity index (χ3n) is 4.69. The number of hydrogen-bond donors (Lipinski definition) is 0. The Hall–Kier alpha value is -0.0800. The van der Waals surface area contributed by atoms with Gasteiger partial charge in [0, 0.05) is 5.92 Å². The summed E-state index contributed by atoms with van der Waals surface area (Å²) in [7, 11) is 0. The van der Waals surface area contributed by atoms with Crippen LogP contribution in [0.5, 0.6) is 0 Å². The second-order valence-corrected chi connectivity index (χ2v) is 5.78. The second-order valence-electron chi connectivity index (χ2n) is 5.78. The lowest BCUT2D eigenvalue weighted by molar-refractivity contribution is -0.123. The molecule has 3 fully saturated rings. The predicted octanol–water partition coefficient (Wildman–Crippen LogP) is 2.82. The Balaban J connectivity index is 1.82. The zero-order chi connectivity index (χ0) is 10.4. The van der Waals surface area contributed by atoms with E-state index in [-0.39, 0.29) is 6.29 Å². The van der Waals surface area contributed by atoms with Gasteiger partial charge in [0.25, 0.3) is 0 Å². The number of ether oxygens (including phenoxy) is 2. The van der Waals surface area contributed by atoms with Gasteiger partial charge in [0.1, 0.15) is 0 Å². The summed E-state index contributed by atoms with van der Waals surface area (Å²) >= 11 is 0. The normalized spacial score (nSPS) is 49.4. The summed E-state index contributed by atoms with van der Waals surface area (Å²) < 4.78 is 11.7. The lowest BCUT2D eigenvalue weighted by Crippen LogP contribution is -2.35. The fourth-order valence-corrected chi connectivity index (χ4v) is 4.01. The van der Waals surface area contributed by atoms with E-state index in [1.807, 2.05) is 0 Å². The highest BCUT2D eigenvalue weighted by Gasteiger charge is 2.52. The molecular formula is C13H22O2. The zero-order valence-corrected chi connectivity index (χ0v) is 9.82. The summed E-state index contributed by atoms with van der Waals surface area (Å²) in [5.41, 5.74) is 0. The largest absolute Gasteiger partial charge is 0.352 e. The topological polar surface area (TPSA) is 18.5 Å². The highest BCUT2D eigenvalue weighted by atomic mass is 16.7. The molecule has 2 heterocycles. The molecular weight excluding hydrogens is 188 g/mol. The minimum absolute atomic E-state index is 0.152. The van der Waals surface area contributed by atoms with Gasteiger partial charge >= 0.3 is 0 Å². The highest BCUT2D eigenvalue weighted by molar-refractivity contribution is 4.96. The van der Waals surface area contributed by atoms with Crippen molar-refractivity contribution in [3.8, 4) is 0 Å². The quantitative estimate of drug-likeness (QED) is 0.662. The number of hydrogen-bond acceptors (Lipinski definition) is 2. The van der Waals surface area contributed by atoms with Crippen molar-refractivity contribution >= 4 is 0 Å². The van der Waals surface area contributed by atoms with E-state index >= 15 is 0 Å². The first-order valence-electron chi connectivity index (χ1n) is 6.54. The molecule has 0 aromatic carbocycles. The van der Waals surface area contributed by atoms with Gasteiger partial charge in [0.05, 0.1) is 12.7 Å². The number of rotatable bonds is 1. The fraction of sp³-hybridized carbons (Fsp3) is 1.00. The Bertz CT molecular complexity index is 239. The molecule has 2 aliphatic heterocycles. The van der Waals surface area contributed by atoms with Crippen molar-refractivity contribution < 1.29 is 9.47 Å². The van der Waals surface area contributed by atoms with Gasteiger partial charge in [-0.15, -0.1) is 0 Å². The van der Waals surface area contributed by atoms with Gasteiger partial charge in [-0.3, -0.25) is 0 Å². The van der Waals surface area contributed by atoms with Crippen LogP contribution in [-0.2, 0) is 9.47 Å². The summed E-state index contributed by atoms with van der Waals surface area (Å²) in [6.07, 6.45) is 5.93. The van der Waals surface area contributed by atoms with Crippen LogP contribution in [0.2, 0.25) is 0 Å². The second kappa shape index (κ2) is 3.74. The Morgan fingerprint density at radius 2 is 2.00 bits per heavy atom. The first kappa shape index (κ1) is 10.1. The fourth-order valence-electron chi connectivity index (χ4n) is 4.01. The lowest BCUT2D eigenvalue weighted by Gasteiger charge is -2.37. The summed E-state index contributed by atoms with van der Waals surface area (Å²) in [5, 5.41) is 0. The molecule has 0 aromatic rings. The van der Waals surface area contributed by atoms with Crippen LogP contribution < -0.4 is 0 Å². The van der Waals surface area contributed by atoms with E-state index in [4.69, 9.17) is 9.47 Å². The Labute approximate surface area is 92.3 Å². The average molecular weight is 210 g/mol. The SMILES string of the molecule is CC(C)C1CCCC2OC3OCCC3C21. The molecule has 0 radical (unpaired) electrons. The maximum Gasteiger partial charge on any atom is 0.161 e. The van der Waals surface area contributed by atoms with Crippen LogP contribution in [0.1, 0.15) is 39.5 Å². The van der Waals surface area contributed by atoms with Crippen molar-refractivity contribution in [3.63, 3.8) is 0 Å². The van der Waals surface area contributed by atoms with Crippen molar-refractivity contribution in [2.75, 3.05) is 6.61 Å². The monoisotopic (exact) mass is 210 g/mol. The van der Waals surface area contributed by atoms with Crippen LogP contribution in [0.15, 0.2) is 0 Å². The first-order valence-corrected chi connectivity index (χ1v) is 6.54. The summed E-state index contributed by atoms with van der Waals surface area (Å²) in [4.78, 5) is 0. The molecule has 2 heteroatoms. The van der Waals surface area contributed by atoms with Gasteiger partial charge in [-0.2, -0.15) is 0 Å². The van der Waals surface area contributed by atoms with Crippen LogP contribution in [-0.4, -0.2) is 19.0 Å². The molecule has 0 N–H and O–H groups in total. The van der Waals surface area contributed by atoms with E-state index in [0.717, 1.165) is 24.4 Å². The average Bonchev–Trinajstić information content (AvgIpc) is 2.75. The molecule has 5 atom stereocenters. The molecule has 2 saturated heterocycles. The van der Waals surface area contributed by atoms with Gasteiger partial charge in [0.2, 0.25) is 0 Å².